The van der Waals surface area contributed by atoms with E-state index in [1.54, 1.807) is 0 Å². The normalized spacial score (nSPS) is 13.2. The second-order valence-electron chi connectivity index (χ2n) is 7.40. The SMILES string of the molecule is Ic1ccc(P(c2ccc(I)cc2)c2ccc(I)cc2)cc1.O=S(=O)(O)C(F)(F)C(F)(F)C(F)(F)C(F)(F)F. The van der Waals surface area contributed by atoms with E-state index in [2.05, 4.69) is 141 Å². The Bertz CT molecular complexity index is 1260. The van der Waals surface area contributed by atoms with Gasteiger partial charge in [-0.25, -0.2) is 0 Å². The highest BCUT2D eigenvalue weighted by molar-refractivity contribution is 14.1. The van der Waals surface area contributed by atoms with Gasteiger partial charge in [-0.1, -0.05) is 36.4 Å². The summed E-state index contributed by atoms with van der Waals surface area (Å²) >= 11 is 7.09. The Morgan fingerprint density at radius 2 is 0.795 bits per heavy atom. The van der Waals surface area contributed by atoms with Crippen molar-refractivity contribution in [3.05, 3.63) is 83.5 Å². The van der Waals surface area contributed by atoms with Gasteiger partial charge >= 0.3 is 33.4 Å². The van der Waals surface area contributed by atoms with E-state index in [1.807, 2.05) is 0 Å². The largest absolute Gasteiger partial charge is 0.460 e. The Morgan fingerprint density at radius 3 is 1.00 bits per heavy atom. The van der Waals surface area contributed by atoms with E-state index in [4.69, 9.17) is 4.55 Å². The van der Waals surface area contributed by atoms with Crippen molar-refractivity contribution in [2.75, 3.05) is 0 Å². The molecule has 3 aromatic carbocycles. The number of hydrogen-bond donors (Lipinski definition) is 1. The lowest BCUT2D eigenvalue weighted by atomic mass is 10.1. The fraction of sp³-hybridized carbons (Fsp3) is 0.182. The fourth-order valence-electron chi connectivity index (χ4n) is 2.74. The van der Waals surface area contributed by atoms with Gasteiger partial charge in [0.2, 0.25) is 0 Å². The standard InChI is InChI=1S/C18H12I3P.C4HF9O3S/c19-13-1-7-16(8-2-13)22(17-9-3-14(20)4-10-17)18-11-5-15(21)6-12-18;5-1(6,3(9,10)11)2(7,8)4(12,13)17(14,15)16/h1-12H;(H,14,15,16). The van der Waals surface area contributed by atoms with Gasteiger partial charge in [0.05, 0.1) is 0 Å². The van der Waals surface area contributed by atoms with Crippen molar-refractivity contribution in [2.24, 2.45) is 0 Å². The molecule has 0 radical (unpaired) electrons. The molecule has 0 bridgehead atoms. The molecule has 0 unspecified atom stereocenters. The summed E-state index contributed by atoms with van der Waals surface area (Å²) in [5.74, 6) is -14.7. The van der Waals surface area contributed by atoms with E-state index in [1.165, 1.54) is 26.6 Å². The van der Waals surface area contributed by atoms with Crippen LogP contribution in [0.3, 0.4) is 0 Å². The molecule has 0 fully saturated rings. The maximum Gasteiger partial charge on any atom is 0.460 e. The van der Waals surface area contributed by atoms with Gasteiger partial charge in [-0.2, -0.15) is 47.9 Å². The van der Waals surface area contributed by atoms with E-state index in [0.717, 1.165) is 0 Å². The van der Waals surface area contributed by atoms with Crippen molar-refractivity contribution in [1.82, 2.24) is 0 Å². The molecule has 3 aromatic rings. The molecule has 17 heteroatoms. The topological polar surface area (TPSA) is 54.4 Å². The molecule has 3 rings (SSSR count). The first-order valence-corrected chi connectivity index (χ1v) is 15.9. The van der Waals surface area contributed by atoms with Gasteiger partial charge in [0, 0.05) is 10.7 Å². The van der Waals surface area contributed by atoms with E-state index in [-0.39, 0.29) is 0 Å². The molecular formula is C22H13F9I3O3PS. The van der Waals surface area contributed by atoms with Crippen LogP contribution >= 0.6 is 75.7 Å². The minimum absolute atomic E-state index is 0.493. The summed E-state index contributed by atoms with van der Waals surface area (Å²) in [6.07, 6.45) is -7.13. The van der Waals surface area contributed by atoms with Crippen LogP contribution < -0.4 is 15.9 Å². The molecule has 0 aliphatic heterocycles. The highest BCUT2D eigenvalue weighted by atomic mass is 127. The maximum atomic E-state index is 12.2. The van der Waals surface area contributed by atoms with Crippen LogP contribution in [0, 0.1) is 10.7 Å². The molecule has 1 N–H and O–H groups in total. The first-order chi connectivity index (χ1) is 17.6. The van der Waals surface area contributed by atoms with Crippen LogP contribution in [0.1, 0.15) is 0 Å². The quantitative estimate of drug-likeness (QED) is 0.120. The Hall–Kier alpha value is -0.440. The van der Waals surface area contributed by atoms with Crippen LogP contribution in [0.15, 0.2) is 72.8 Å². The third-order valence-electron chi connectivity index (χ3n) is 4.69. The van der Waals surface area contributed by atoms with Crippen LogP contribution in [0.25, 0.3) is 0 Å². The number of halogens is 12. The number of benzene rings is 3. The molecule has 0 spiro atoms. The van der Waals surface area contributed by atoms with Gasteiger partial charge in [-0.15, -0.1) is 0 Å². The molecule has 39 heavy (non-hydrogen) atoms. The van der Waals surface area contributed by atoms with Gasteiger partial charge in [0.15, 0.2) is 0 Å². The monoisotopic (exact) mass is 940 g/mol. The van der Waals surface area contributed by atoms with Crippen molar-refractivity contribution in [3.8, 4) is 0 Å². The molecule has 0 aliphatic rings. The van der Waals surface area contributed by atoms with Crippen molar-refractivity contribution >= 4 is 102 Å². The van der Waals surface area contributed by atoms with Crippen LogP contribution in [-0.2, 0) is 10.1 Å². The van der Waals surface area contributed by atoms with Crippen LogP contribution in [0.5, 0.6) is 0 Å². The molecule has 0 amide bonds. The fourth-order valence-corrected chi connectivity index (χ4v) is 6.51. The molecule has 0 saturated heterocycles. The van der Waals surface area contributed by atoms with Gasteiger partial charge in [0.25, 0.3) is 0 Å². The lowest BCUT2D eigenvalue weighted by molar-refractivity contribution is -0.382. The number of alkyl halides is 9. The van der Waals surface area contributed by atoms with Gasteiger partial charge in [-0.05, 0) is 128 Å². The Kier molecular flexibility index (Phi) is 11.4. The molecule has 3 nitrogen and oxygen atoms in total. The smallest absolute Gasteiger partial charge is 0.281 e. The van der Waals surface area contributed by atoms with E-state index in [0.29, 0.717) is 0 Å². The third kappa shape index (κ3) is 7.90. The van der Waals surface area contributed by atoms with Gasteiger partial charge < -0.3 is 0 Å². The second kappa shape index (κ2) is 12.8. The summed E-state index contributed by atoms with van der Waals surface area (Å²) in [6.45, 7) is 0. The summed E-state index contributed by atoms with van der Waals surface area (Å²) in [5.41, 5.74) is 0. The van der Waals surface area contributed by atoms with Crippen molar-refractivity contribution in [2.45, 2.75) is 23.3 Å². The molecule has 214 valence electrons. The highest BCUT2D eigenvalue weighted by Gasteiger charge is 2.85. The minimum atomic E-state index is -7.37. The zero-order valence-corrected chi connectivity index (χ0v) is 26.8. The van der Waals surface area contributed by atoms with E-state index in [9.17, 15) is 47.9 Å². The van der Waals surface area contributed by atoms with Crippen LogP contribution in [-0.4, -0.2) is 36.2 Å². The predicted molar refractivity (Wildman–Crippen MR) is 156 cm³/mol. The summed E-state index contributed by atoms with van der Waals surface area (Å²) in [5, 5.41) is -2.80. The summed E-state index contributed by atoms with van der Waals surface area (Å²) in [4.78, 5) is 0. The van der Waals surface area contributed by atoms with Crippen molar-refractivity contribution in [3.63, 3.8) is 0 Å². The lowest BCUT2D eigenvalue weighted by Crippen LogP contribution is -2.63. The van der Waals surface area contributed by atoms with Crippen molar-refractivity contribution < 1.29 is 52.5 Å². The molecule has 0 saturated carbocycles. The average Bonchev–Trinajstić information content (AvgIpc) is 2.81. The Balaban J connectivity index is 0.000000285. The highest BCUT2D eigenvalue weighted by Crippen LogP contribution is 2.54. The Morgan fingerprint density at radius 1 is 0.538 bits per heavy atom. The maximum absolute atomic E-state index is 12.2. The van der Waals surface area contributed by atoms with Crippen molar-refractivity contribution in [1.29, 1.82) is 0 Å². The molecule has 0 heterocycles. The van der Waals surface area contributed by atoms with Gasteiger partial charge in [0.1, 0.15) is 0 Å². The summed E-state index contributed by atoms with van der Waals surface area (Å²) in [7, 11) is -7.66. The zero-order chi connectivity index (χ0) is 30.0. The first-order valence-electron chi connectivity index (χ1n) is 9.87. The van der Waals surface area contributed by atoms with E-state index < -0.39 is 41.3 Å². The number of hydrogen-bond acceptors (Lipinski definition) is 2. The molecule has 0 aromatic heterocycles. The van der Waals surface area contributed by atoms with Crippen LogP contribution in [0.2, 0.25) is 0 Å². The summed E-state index contributed by atoms with van der Waals surface area (Å²) < 4.78 is 138. The average molecular weight is 940 g/mol. The molecule has 0 atom stereocenters. The summed E-state index contributed by atoms with van der Waals surface area (Å²) in [6, 6.07) is 26.8. The first kappa shape index (κ1) is 34.8. The lowest BCUT2D eigenvalue weighted by Gasteiger charge is -2.31. The van der Waals surface area contributed by atoms with Crippen LogP contribution in [0.4, 0.5) is 39.5 Å². The molecule has 0 aliphatic carbocycles. The zero-order valence-electron chi connectivity index (χ0n) is 18.6. The Labute approximate surface area is 258 Å². The van der Waals surface area contributed by atoms with E-state index >= 15 is 0 Å². The second-order valence-corrected chi connectivity index (χ2v) is 14.8. The third-order valence-corrected chi connectivity index (χ3v) is 10.2. The molecular weight excluding hydrogens is 927 g/mol. The van der Waals surface area contributed by atoms with Gasteiger partial charge in [-0.3, -0.25) is 4.55 Å². The predicted octanol–water partition coefficient (Wildman–Crippen LogP) is 7.56. The minimum Gasteiger partial charge on any atom is -0.281 e. The number of rotatable bonds is 6.